The molecule has 1 atom stereocenters. The number of nitrogens with zero attached hydrogens (tertiary/aromatic N) is 2. The lowest BCUT2D eigenvalue weighted by atomic mass is 9.81. The molecule has 0 amide bonds. The van der Waals surface area contributed by atoms with Gasteiger partial charge in [0.15, 0.2) is 0 Å². The molecule has 0 fully saturated rings. The molecule has 0 aromatic heterocycles. The highest BCUT2D eigenvalue weighted by Crippen LogP contribution is 2.39. The summed E-state index contributed by atoms with van der Waals surface area (Å²) in [5, 5.41) is 3.12. The van der Waals surface area contributed by atoms with Crippen LogP contribution in [0.2, 0.25) is 0 Å². The zero-order chi connectivity index (χ0) is 21.6. The number of benzene rings is 1. The minimum Gasteiger partial charge on any atom is -0.463 e. The first-order chi connectivity index (χ1) is 13.8. The predicted octanol–water partition coefficient (Wildman–Crippen LogP) is 2.97. The van der Waals surface area contributed by atoms with Crippen LogP contribution in [0.25, 0.3) is 0 Å². The van der Waals surface area contributed by atoms with Gasteiger partial charge in [-0.1, -0.05) is 30.3 Å². The molecule has 0 bridgehead atoms. The number of rotatable bonds is 6. The second-order valence-corrected chi connectivity index (χ2v) is 6.76. The molecule has 0 aliphatic carbocycles. The Morgan fingerprint density at radius 1 is 1.03 bits per heavy atom. The normalized spacial score (nSPS) is 17.0. The molecule has 156 valence electrons. The molecule has 1 aromatic rings. The molecule has 0 radical (unpaired) electrons. The van der Waals surface area contributed by atoms with Crippen LogP contribution >= 0.6 is 0 Å². The lowest BCUT2D eigenvalue weighted by molar-refractivity contribution is -0.139. The van der Waals surface area contributed by atoms with Crippen LogP contribution in [0.4, 0.5) is 0 Å². The first-order valence-corrected chi connectivity index (χ1v) is 9.65. The molecule has 7 heteroatoms. The fourth-order valence-corrected chi connectivity index (χ4v) is 3.04. The number of esters is 2. The maximum atomic E-state index is 13.0. The van der Waals surface area contributed by atoms with Gasteiger partial charge in [-0.2, -0.15) is 0 Å². The summed E-state index contributed by atoms with van der Waals surface area (Å²) in [6, 6.07) is 9.37. The van der Waals surface area contributed by atoms with E-state index in [2.05, 4.69) is 10.3 Å². The Bertz CT molecular complexity index is 854. The Balaban J connectivity index is 2.76. The number of hydrogen-bond acceptors (Lipinski definition) is 6. The summed E-state index contributed by atoms with van der Waals surface area (Å²) in [6.07, 6.45) is 0. The molecular weight excluding hydrogens is 370 g/mol. The predicted molar refractivity (Wildman–Crippen MR) is 112 cm³/mol. The molecule has 0 saturated heterocycles. The van der Waals surface area contributed by atoms with Crippen molar-refractivity contribution < 1.29 is 19.1 Å². The largest absolute Gasteiger partial charge is 0.463 e. The number of dihydropyridines is 1. The molecule has 1 heterocycles. The van der Waals surface area contributed by atoms with Crippen LogP contribution in [0, 0.1) is 0 Å². The van der Waals surface area contributed by atoms with E-state index in [0.717, 1.165) is 5.56 Å². The Morgan fingerprint density at radius 2 is 1.59 bits per heavy atom. The van der Waals surface area contributed by atoms with Crippen molar-refractivity contribution in [1.82, 2.24) is 10.2 Å². The minimum absolute atomic E-state index is 0.213. The van der Waals surface area contributed by atoms with Crippen LogP contribution in [0.3, 0.4) is 0 Å². The fraction of sp³-hybridized carbons (Fsp3) is 0.409. The quantitative estimate of drug-likeness (QED) is 0.450. The summed E-state index contributed by atoms with van der Waals surface area (Å²) in [4.78, 5) is 32.3. The lowest BCUT2D eigenvalue weighted by Crippen LogP contribution is -2.33. The van der Waals surface area contributed by atoms with Gasteiger partial charge in [0.1, 0.15) is 11.7 Å². The summed E-state index contributed by atoms with van der Waals surface area (Å²) in [5.41, 5.74) is 2.04. The first kappa shape index (κ1) is 22.2. The van der Waals surface area contributed by atoms with Crippen LogP contribution in [0.15, 0.2) is 58.0 Å². The number of aliphatic imine (C=N–C) groups is 1. The molecule has 0 saturated carbocycles. The number of allylic oxidation sites excluding steroid dienone is 1. The summed E-state index contributed by atoms with van der Waals surface area (Å²) in [5.74, 6) is -0.569. The third-order valence-electron chi connectivity index (χ3n) is 4.59. The van der Waals surface area contributed by atoms with E-state index in [1.54, 1.807) is 20.8 Å². The summed E-state index contributed by atoms with van der Waals surface area (Å²) >= 11 is 0. The zero-order valence-corrected chi connectivity index (χ0v) is 17.9. The van der Waals surface area contributed by atoms with Crippen LogP contribution in [-0.2, 0) is 19.1 Å². The van der Waals surface area contributed by atoms with Crippen molar-refractivity contribution in [3.8, 4) is 0 Å². The van der Waals surface area contributed by atoms with Crippen LogP contribution in [0.1, 0.15) is 39.2 Å². The highest BCUT2D eigenvalue weighted by atomic mass is 16.5. The second-order valence-electron chi connectivity index (χ2n) is 6.76. The third kappa shape index (κ3) is 5.04. The van der Waals surface area contributed by atoms with E-state index in [0.29, 0.717) is 22.9 Å². The number of hydrogen-bond donors (Lipinski definition) is 1. The van der Waals surface area contributed by atoms with Crippen molar-refractivity contribution in [2.75, 3.05) is 27.3 Å². The van der Waals surface area contributed by atoms with E-state index in [-0.39, 0.29) is 18.8 Å². The number of ether oxygens (including phenoxy) is 2. The van der Waals surface area contributed by atoms with Gasteiger partial charge in [0.25, 0.3) is 0 Å². The smallest absolute Gasteiger partial charge is 0.338 e. The topological polar surface area (TPSA) is 80.2 Å². The van der Waals surface area contributed by atoms with Gasteiger partial charge in [0, 0.05) is 19.8 Å². The Labute approximate surface area is 172 Å². The highest BCUT2D eigenvalue weighted by molar-refractivity contribution is 6.00. The maximum absolute atomic E-state index is 13.0. The van der Waals surface area contributed by atoms with E-state index in [1.165, 1.54) is 0 Å². The molecule has 29 heavy (non-hydrogen) atoms. The van der Waals surface area contributed by atoms with Crippen molar-refractivity contribution in [2.45, 2.75) is 33.6 Å². The molecule has 7 nitrogen and oxygen atoms in total. The van der Waals surface area contributed by atoms with Gasteiger partial charge in [0.05, 0.1) is 30.3 Å². The molecule has 1 aromatic carbocycles. The summed E-state index contributed by atoms with van der Waals surface area (Å²) in [6.45, 7) is 7.57. The molecule has 1 aliphatic rings. The molecule has 2 rings (SSSR count). The standard InChI is InChI=1S/C22H29N3O4/c1-7-28-21(26)17-14(3)23-20(24-15(4)25(5)6)19(22(27)29-8-2)18(17)16-12-10-9-11-13-16/h9-13,18,23H,7-8H2,1-6H3. The first-order valence-electron chi connectivity index (χ1n) is 9.65. The average Bonchev–Trinajstić information content (AvgIpc) is 2.68. The molecule has 1 N–H and O–H groups in total. The third-order valence-corrected chi connectivity index (χ3v) is 4.59. The Kier molecular flexibility index (Phi) is 7.59. The van der Waals surface area contributed by atoms with Crippen LogP contribution in [0.5, 0.6) is 0 Å². The summed E-state index contributed by atoms with van der Waals surface area (Å²) < 4.78 is 10.6. The van der Waals surface area contributed by atoms with Gasteiger partial charge in [-0.25, -0.2) is 14.6 Å². The SMILES string of the molecule is CCOC(=O)C1=C(C)NC(N=C(C)N(C)C)=C(C(=O)OCC)C1c1ccccc1. The van der Waals surface area contributed by atoms with Crippen molar-refractivity contribution >= 4 is 17.8 Å². The zero-order valence-electron chi connectivity index (χ0n) is 17.9. The number of nitrogens with one attached hydrogen (secondary N) is 1. The van der Waals surface area contributed by atoms with Crippen molar-refractivity contribution in [2.24, 2.45) is 4.99 Å². The number of carbonyl (C=O) groups is 2. The van der Waals surface area contributed by atoms with Crippen LogP contribution < -0.4 is 5.32 Å². The Morgan fingerprint density at radius 3 is 2.10 bits per heavy atom. The van der Waals surface area contributed by atoms with Crippen molar-refractivity contribution in [1.29, 1.82) is 0 Å². The van der Waals surface area contributed by atoms with Gasteiger partial charge in [-0.15, -0.1) is 0 Å². The van der Waals surface area contributed by atoms with Gasteiger partial charge in [0.2, 0.25) is 0 Å². The average molecular weight is 399 g/mol. The van der Waals surface area contributed by atoms with Gasteiger partial charge >= 0.3 is 11.9 Å². The van der Waals surface area contributed by atoms with E-state index < -0.39 is 17.9 Å². The molecule has 0 spiro atoms. The van der Waals surface area contributed by atoms with E-state index in [4.69, 9.17) is 9.47 Å². The van der Waals surface area contributed by atoms with Crippen LogP contribution in [-0.4, -0.2) is 50.0 Å². The Hall–Kier alpha value is -3.09. The van der Waals surface area contributed by atoms with E-state index in [1.807, 2.05) is 56.3 Å². The highest BCUT2D eigenvalue weighted by Gasteiger charge is 2.39. The van der Waals surface area contributed by atoms with Gasteiger partial charge < -0.3 is 19.7 Å². The minimum atomic E-state index is -0.649. The number of carbonyl (C=O) groups excluding carboxylic acids is 2. The van der Waals surface area contributed by atoms with Crippen molar-refractivity contribution in [3.63, 3.8) is 0 Å². The molecule has 1 unspecified atom stereocenters. The van der Waals surface area contributed by atoms with E-state index >= 15 is 0 Å². The molecular formula is C22H29N3O4. The second kappa shape index (κ2) is 9.91. The summed E-state index contributed by atoms with van der Waals surface area (Å²) in [7, 11) is 3.74. The lowest BCUT2D eigenvalue weighted by Gasteiger charge is -2.30. The van der Waals surface area contributed by atoms with Gasteiger partial charge in [-0.3, -0.25) is 0 Å². The van der Waals surface area contributed by atoms with Crippen molar-refractivity contribution in [3.05, 3.63) is 58.6 Å². The fourth-order valence-electron chi connectivity index (χ4n) is 3.04. The van der Waals surface area contributed by atoms with Gasteiger partial charge in [-0.05, 0) is 33.3 Å². The molecule has 1 aliphatic heterocycles. The maximum Gasteiger partial charge on any atom is 0.338 e. The van der Waals surface area contributed by atoms with E-state index in [9.17, 15) is 9.59 Å². The monoisotopic (exact) mass is 399 g/mol. The number of amidine groups is 1.